The molecule has 1 unspecified atom stereocenters. The van der Waals surface area contributed by atoms with Gasteiger partial charge in [-0.15, -0.1) is 0 Å². The van der Waals surface area contributed by atoms with E-state index in [4.69, 9.17) is 4.74 Å². The van der Waals surface area contributed by atoms with Gasteiger partial charge >= 0.3 is 5.97 Å². The fourth-order valence-corrected chi connectivity index (χ4v) is 3.10. The number of hydrogen-bond donors (Lipinski definition) is 1. The lowest BCUT2D eigenvalue weighted by molar-refractivity contribution is -0.143. The van der Waals surface area contributed by atoms with Gasteiger partial charge in [0.25, 0.3) is 5.91 Å². The number of carbonyl (C=O) groups excluding carboxylic acids is 1. The van der Waals surface area contributed by atoms with Gasteiger partial charge in [-0.3, -0.25) is 4.79 Å². The summed E-state index contributed by atoms with van der Waals surface area (Å²) in [7, 11) is 1.57. The molecule has 20 heavy (non-hydrogen) atoms. The number of aliphatic carboxylic acids is 1. The fourth-order valence-electron chi connectivity index (χ4n) is 2.38. The van der Waals surface area contributed by atoms with E-state index in [0.29, 0.717) is 24.3 Å². The number of halogens is 1. The maximum atomic E-state index is 12.6. The average Bonchev–Trinajstić information content (AvgIpc) is 2.46. The fraction of sp³-hybridized carbons (Fsp3) is 0.429. The lowest BCUT2D eigenvalue weighted by Gasteiger charge is -2.33. The molecule has 1 N–H and O–H groups in total. The molecule has 1 aromatic rings. The topological polar surface area (TPSA) is 66.8 Å². The molecular formula is C14H16INO4. The highest BCUT2D eigenvalue weighted by molar-refractivity contribution is 14.1. The van der Waals surface area contributed by atoms with Crippen molar-refractivity contribution in [3.8, 4) is 5.75 Å². The molecule has 0 bridgehead atoms. The Labute approximate surface area is 131 Å². The predicted molar refractivity (Wildman–Crippen MR) is 82.0 cm³/mol. The smallest absolute Gasteiger partial charge is 0.326 e. The molecule has 5 nitrogen and oxygen atoms in total. The first-order chi connectivity index (χ1) is 9.54. The number of piperidine rings is 1. The third-order valence-electron chi connectivity index (χ3n) is 3.46. The monoisotopic (exact) mass is 389 g/mol. The minimum atomic E-state index is -0.929. The second kappa shape index (κ2) is 6.43. The highest BCUT2D eigenvalue weighted by Crippen LogP contribution is 2.24. The van der Waals surface area contributed by atoms with Gasteiger partial charge in [0.05, 0.1) is 12.7 Å². The van der Waals surface area contributed by atoms with Gasteiger partial charge < -0.3 is 14.7 Å². The Bertz CT molecular complexity index is 532. The molecule has 1 aliphatic rings. The third kappa shape index (κ3) is 3.05. The van der Waals surface area contributed by atoms with E-state index in [9.17, 15) is 14.7 Å². The summed E-state index contributed by atoms with van der Waals surface area (Å²) in [5.74, 6) is -0.467. The summed E-state index contributed by atoms with van der Waals surface area (Å²) in [5, 5.41) is 9.24. The van der Waals surface area contributed by atoms with Crippen LogP contribution in [0.3, 0.4) is 0 Å². The van der Waals surface area contributed by atoms with Gasteiger partial charge in [-0.05, 0) is 60.1 Å². The van der Waals surface area contributed by atoms with Crippen LogP contribution in [0.25, 0.3) is 0 Å². The number of carbonyl (C=O) groups is 2. The van der Waals surface area contributed by atoms with E-state index in [1.165, 1.54) is 4.90 Å². The average molecular weight is 389 g/mol. The Morgan fingerprint density at radius 1 is 1.40 bits per heavy atom. The van der Waals surface area contributed by atoms with E-state index in [-0.39, 0.29) is 5.91 Å². The van der Waals surface area contributed by atoms with Gasteiger partial charge in [-0.25, -0.2) is 4.79 Å². The molecule has 0 aromatic heterocycles. The summed E-state index contributed by atoms with van der Waals surface area (Å²) in [6, 6.07) is 4.47. The molecule has 108 valence electrons. The molecule has 0 saturated carbocycles. The van der Waals surface area contributed by atoms with Gasteiger partial charge in [-0.1, -0.05) is 0 Å². The maximum Gasteiger partial charge on any atom is 0.326 e. The first kappa shape index (κ1) is 15.1. The van der Waals surface area contributed by atoms with Gasteiger partial charge in [0.1, 0.15) is 11.8 Å². The number of likely N-dealkylation sites (tertiary alicyclic amines) is 1. The van der Waals surface area contributed by atoms with Crippen LogP contribution in [0.4, 0.5) is 0 Å². The maximum absolute atomic E-state index is 12.6. The number of rotatable bonds is 3. The molecule has 0 spiro atoms. The molecule has 0 radical (unpaired) electrons. The molecular weight excluding hydrogens is 373 g/mol. The Balaban J connectivity index is 2.27. The van der Waals surface area contributed by atoms with Crippen LogP contribution in [0.15, 0.2) is 18.2 Å². The molecule has 2 rings (SSSR count). The number of benzene rings is 1. The molecule has 6 heteroatoms. The lowest BCUT2D eigenvalue weighted by Crippen LogP contribution is -2.48. The molecule has 1 fully saturated rings. The van der Waals surface area contributed by atoms with E-state index < -0.39 is 12.0 Å². The van der Waals surface area contributed by atoms with Crippen LogP contribution in [0.1, 0.15) is 29.6 Å². The Hall–Kier alpha value is -1.31. The van der Waals surface area contributed by atoms with Crippen LogP contribution in [0.5, 0.6) is 5.75 Å². The zero-order valence-corrected chi connectivity index (χ0v) is 13.3. The second-order valence-corrected chi connectivity index (χ2v) is 5.86. The van der Waals surface area contributed by atoms with Crippen LogP contribution in [0.2, 0.25) is 0 Å². The molecule has 1 aliphatic heterocycles. The first-order valence-corrected chi connectivity index (χ1v) is 7.49. The Morgan fingerprint density at radius 2 is 2.15 bits per heavy atom. The first-order valence-electron chi connectivity index (χ1n) is 6.42. The summed E-state index contributed by atoms with van der Waals surface area (Å²) >= 11 is 2.07. The molecule has 1 amide bonds. The van der Waals surface area contributed by atoms with E-state index in [0.717, 1.165) is 16.4 Å². The number of methoxy groups -OCH3 is 1. The van der Waals surface area contributed by atoms with E-state index >= 15 is 0 Å². The van der Waals surface area contributed by atoms with Crippen molar-refractivity contribution in [2.24, 2.45) is 0 Å². The molecule has 1 aromatic carbocycles. The standard InChI is InChI=1S/C14H16INO4/c1-20-9-5-6-10(11(15)8-9)13(17)16-7-3-2-4-12(16)14(18)19/h5-6,8,12H,2-4,7H2,1H3,(H,18,19). The highest BCUT2D eigenvalue weighted by atomic mass is 127. The van der Waals surface area contributed by atoms with Crippen molar-refractivity contribution in [2.45, 2.75) is 25.3 Å². The second-order valence-electron chi connectivity index (χ2n) is 4.69. The van der Waals surface area contributed by atoms with Gasteiger partial charge in [0.15, 0.2) is 0 Å². The largest absolute Gasteiger partial charge is 0.497 e. The van der Waals surface area contributed by atoms with Crippen molar-refractivity contribution in [1.29, 1.82) is 0 Å². The van der Waals surface area contributed by atoms with E-state index in [1.807, 2.05) is 0 Å². The molecule has 1 heterocycles. The summed E-state index contributed by atoms with van der Waals surface area (Å²) < 4.78 is 5.88. The minimum Gasteiger partial charge on any atom is -0.497 e. The van der Waals surface area contributed by atoms with E-state index in [1.54, 1.807) is 25.3 Å². The van der Waals surface area contributed by atoms with Gasteiger partial charge in [0, 0.05) is 10.1 Å². The van der Waals surface area contributed by atoms with Crippen molar-refractivity contribution in [2.75, 3.05) is 13.7 Å². The zero-order chi connectivity index (χ0) is 14.7. The van der Waals surface area contributed by atoms with Crippen molar-refractivity contribution >= 4 is 34.5 Å². The van der Waals surface area contributed by atoms with Gasteiger partial charge in [0.2, 0.25) is 0 Å². The lowest BCUT2D eigenvalue weighted by atomic mass is 10.0. The molecule has 1 saturated heterocycles. The number of hydrogen-bond acceptors (Lipinski definition) is 3. The van der Waals surface area contributed by atoms with Crippen LogP contribution in [-0.4, -0.2) is 41.6 Å². The number of carboxylic acid groups (broad SMARTS) is 1. The van der Waals surface area contributed by atoms with Crippen molar-refractivity contribution in [3.63, 3.8) is 0 Å². The Kier molecular flexibility index (Phi) is 4.85. The van der Waals surface area contributed by atoms with Crippen LogP contribution >= 0.6 is 22.6 Å². The number of nitrogens with zero attached hydrogens (tertiary/aromatic N) is 1. The van der Waals surface area contributed by atoms with Crippen LogP contribution < -0.4 is 4.74 Å². The van der Waals surface area contributed by atoms with Crippen molar-refractivity contribution < 1.29 is 19.4 Å². The predicted octanol–water partition coefficient (Wildman–Crippen LogP) is 2.38. The number of carboxylic acids is 1. The zero-order valence-electron chi connectivity index (χ0n) is 11.1. The normalized spacial score (nSPS) is 18.7. The minimum absolute atomic E-state index is 0.218. The SMILES string of the molecule is COc1ccc(C(=O)N2CCCCC2C(=O)O)c(I)c1. The summed E-state index contributed by atoms with van der Waals surface area (Å²) in [6.45, 7) is 0.498. The van der Waals surface area contributed by atoms with Crippen molar-refractivity contribution in [1.82, 2.24) is 4.90 Å². The molecule has 0 aliphatic carbocycles. The van der Waals surface area contributed by atoms with Crippen molar-refractivity contribution in [3.05, 3.63) is 27.3 Å². The number of ether oxygens (including phenoxy) is 1. The third-order valence-corrected chi connectivity index (χ3v) is 4.35. The van der Waals surface area contributed by atoms with Gasteiger partial charge in [-0.2, -0.15) is 0 Å². The summed E-state index contributed by atoms with van der Waals surface area (Å²) in [6.07, 6.45) is 2.22. The quantitative estimate of drug-likeness (QED) is 0.807. The number of amides is 1. The summed E-state index contributed by atoms with van der Waals surface area (Å²) in [4.78, 5) is 25.3. The van der Waals surface area contributed by atoms with Crippen LogP contribution in [0, 0.1) is 3.57 Å². The Morgan fingerprint density at radius 3 is 2.75 bits per heavy atom. The van der Waals surface area contributed by atoms with Crippen LogP contribution in [-0.2, 0) is 4.79 Å². The summed E-state index contributed by atoms with van der Waals surface area (Å²) in [5.41, 5.74) is 0.527. The highest BCUT2D eigenvalue weighted by Gasteiger charge is 2.33. The molecule has 1 atom stereocenters. The van der Waals surface area contributed by atoms with E-state index in [2.05, 4.69) is 22.6 Å².